The SMILES string of the molecule is O=C1CN(C(=O)COc2cc(F)ccc2[N+](=O)[O-])c2ccccc2N1. The number of nitro groups is 1. The van der Waals surface area contributed by atoms with Crippen LogP contribution in [0, 0.1) is 15.9 Å². The molecule has 0 aromatic heterocycles. The molecule has 1 aliphatic rings. The maximum Gasteiger partial charge on any atom is 0.311 e. The highest BCUT2D eigenvalue weighted by Gasteiger charge is 2.27. The predicted octanol–water partition coefficient (Wildman–Crippen LogP) is 2.10. The summed E-state index contributed by atoms with van der Waals surface area (Å²) in [4.78, 5) is 35.5. The first-order valence-corrected chi connectivity index (χ1v) is 7.21. The van der Waals surface area contributed by atoms with E-state index in [4.69, 9.17) is 4.74 Å². The third-order valence-electron chi connectivity index (χ3n) is 3.54. The van der Waals surface area contributed by atoms with Crippen molar-refractivity contribution >= 4 is 28.9 Å². The van der Waals surface area contributed by atoms with Crippen LogP contribution in [0.4, 0.5) is 21.5 Å². The van der Waals surface area contributed by atoms with Crippen molar-refractivity contribution in [1.82, 2.24) is 0 Å². The maximum absolute atomic E-state index is 13.3. The Morgan fingerprint density at radius 2 is 2.08 bits per heavy atom. The molecule has 2 aromatic rings. The van der Waals surface area contributed by atoms with Gasteiger partial charge in [0.25, 0.3) is 5.91 Å². The predicted molar refractivity (Wildman–Crippen MR) is 86.0 cm³/mol. The fourth-order valence-electron chi connectivity index (χ4n) is 2.43. The van der Waals surface area contributed by atoms with Gasteiger partial charge in [-0.15, -0.1) is 0 Å². The number of carbonyl (C=O) groups excluding carboxylic acids is 2. The molecule has 0 spiro atoms. The van der Waals surface area contributed by atoms with Crippen molar-refractivity contribution in [2.45, 2.75) is 0 Å². The molecule has 1 aliphatic heterocycles. The van der Waals surface area contributed by atoms with E-state index in [1.54, 1.807) is 24.3 Å². The van der Waals surface area contributed by atoms with Crippen LogP contribution in [0.1, 0.15) is 0 Å². The first kappa shape index (κ1) is 16.4. The molecule has 0 aliphatic carbocycles. The lowest BCUT2D eigenvalue weighted by Crippen LogP contribution is -2.44. The highest BCUT2D eigenvalue weighted by atomic mass is 19.1. The quantitative estimate of drug-likeness (QED) is 0.675. The Morgan fingerprint density at radius 1 is 1.32 bits per heavy atom. The summed E-state index contributed by atoms with van der Waals surface area (Å²) in [6.07, 6.45) is 0. The second-order valence-corrected chi connectivity index (χ2v) is 5.20. The highest BCUT2D eigenvalue weighted by Crippen LogP contribution is 2.30. The number of anilines is 2. The number of carbonyl (C=O) groups is 2. The molecular formula is C16H12FN3O5. The van der Waals surface area contributed by atoms with Gasteiger partial charge in [0.2, 0.25) is 11.7 Å². The van der Waals surface area contributed by atoms with Gasteiger partial charge in [-0.1, -0.05) is 12.1 Å². The third-order valence-corrected chi connectivity index (χ3v) is 3.54. The topological polar surface area (TPSA) is 102 Å². The smallest absolute Gasteiger partial charge is 0.311 e. The number of ether oxygens (including phenoxy) is 1. The molecule has 0 bridgehead atoms. The number of para-hydroxylation sites is 2. The van der Waals surface area contributed by atoms with E-state index in [0.29, 0.717) is 11.4 Å². The van der Waals surface area contributed by atoms with E-state index in [-0.39, 0.29) is 18.2 Å². The summed E-state index contributed by atoms with van der Waals surface area (Å²) in [5, 5.41) is 13.6. The summed E-state index contributed by atoms with van der Waals surface area (Å²) in [6.45, 7) is -0.781. The highest BCUT2D eigenvalue weighted by molar-refractivity contribution is 6.10. The average molecular weight is 345 g/mol. The van der Waals surface area contributed by atoms with E-state index < -0.39 is 28.9 Å². The zero-order valence-electron chi connectivity index (χ0n) is 12.8. The second-order valence-electron chi connectivity index (χ2n) is 5.20. The number of halogens is 1. The number of nitrogens with zero attached hydrogens (tertiary/aromatic N) is 2. The summed E-state index contributed by atoms with van der Waals surface area (Å²) in [7, 11) is 0. The Kier molecular flexibility index (Phi) is 4.29. The van der Waals surface area contributed by atoms with Crippen LogP contribution in [0.15, 0.2) is 42.5 Å². The lowest BCUT2D eigenvalue weighted by molar-refractivity contribution is -0.385. The van der Waals surface area contributed by atoms with Gasteiger partial charge in [0, 0.05) is 12.1 Å². The lowest BCUT2D eigenvalue weighted by atomic mass is 10.2. The Labute approximate surface area is 141 Å². The van der Waals surface area contributed by atoms with E-state index in [1.165, 1.54) is 4.90 Å². The maximum atomic E-state index is 13.3. The molecule has 1 N–H and O–H groups in total. The number of amides is 2. The molecular weight excluding hydrogens is 333 g/mol. The van der Waals surface area contributed by atoms with Crippen LogP contribution >= 0.6 is 0 Å². The molecule has 9 heteroatoms. The molecule has 8 nitrogen and oxygen atoms in total. The van der Waals surface area contributed by atoms with Gasteiger partial charge >= 0.3 is 5.69 Å². The van der Waals surface area contributed by atoms with Crippen molar-refractivity contribution < 1.29 is 23.6 Å². The van der Waals surface area contributed by atoms with Crippen LogP contribution in [0.5, 0.6) is 5.75 Å². The summed E-state index contributed by atoms with van der Waals surface area (Å²) in [6, 6.07) is 9.43. The number of hydrogen-bond donors (Lipinski definition) is 1. The van der Waals surface area contributed by atoms with Gasteiger partial charge in [-0.3, -0.25) is 24.6 Å². The van der Waals surface area contributed by atoms with Crippen LogP contribution in [0.25, 0.3) is 0 Å². The fraction of sp³-hybridized carbons (Fsp3) is 0.125. The van der Waals surface area contributed by atoms with Crippen molar-refractivity contribution in [3.63, 3.8) is 0 Å². The summed E-state index contributed by atoms with van der Waals surface area (Å²) < 4.78 is 18.4. The zero-order valence-corrected chi connectivity index (χ0v) is 12.8. The van der Waals surface area contributed by atoms with Gasteiger partial charge < -0.3 is 10.1 Å². The summed E-state index contributed by atoms with van der Waals surface area (Å²) in [5.41, 5.74) is 0.513. The number of nitro benzene ring substituents is 1. The Bertz CT molecular complexity index is 871. The summed E-state index contributed by atoms with van der Waals surface area (Å²) >= 11 is 0. The molecule has 2 aromatic carbocycles. The van der Waals surface area contributed by atoms with Gasteiger partial charge in [0.05, 0.1) is 16.3 Å². The van der Waals surface area contributed by atoms with Crippen LogP contribution in [-0.4, -0.2) is 29.9 Å². The lowest BCUT2D eigenvalue weighted by Gasteiger charge is -2.29. The normalized spacial score (nSPS) is 13.0. The number of fused-ring (bicyclic) bond motifs is 1. The molecule has 0 radical (unpaired) electrons. The molecule has 25 heavy (non-hydrogen) atoms. The van der Waals surface area contributed by atoms with E-state index in [9.17, 15) is 24.1 Å². The minimum Gasteiger partial charge on any atom is -0.477 e. The van der Waals surface area contributed by atoms with Crippen molar-refractivity contribution in [1.29, 1.82) is 0 Å². The van der Waals surface area contributed by atoms with E-state index in [1.807, 2.05) is 0 Å². The zero-order chi connectivity index (χ0) is 18.0. The Hall–Kier alpha value is -3.49. The van der Waals surface area contributed by atoms with Gasteiger partial charge in [-0.05, 0) is 18.2 Å². The van der Waals surface area contributed by atoms with Crippen LogP contribution < -0.4 is 15.0 Å². The van der Waals surface area contributed by atoms with E-state index in [2.05, 4.69) is 5.32 Å². The molecule has 0 saturated heterocycles. The first-order chi connectivity index (χ1) is 12.0. The van der Waals surface area contributed by atoms with E-state index in [0.717, 1.165) is 18.2 Å². The van der Waals surface area contributed by atoms with Crippen molar-refractivity contribution in [3.8, 4) is 5.75 Å². The molecule has 3 rings (SSSR count). The van der Waals surface area contributed by atoms with E-state index >= 15 is 0 Å². The largest absolute Gasteiger partial charge is 0.477 e. The molecule has 128 valence electrons. The fourth-order valence-corrected chi connectivity index (χ4v) is 2.43. The minimum absolute atomic E-state index is 0.204. The molecule has 0 saturated carbocycles. The first-order valence-electron chi connectivity index (χ1n) is 7.21. The van der Waals surface area contributed by atoms with Gasteiger partial charge in [-0.2, -0.15) is 0 Å². The van der Waals surface area contributed by atoms with Crippen LogP contribution in [0.2, 0.25) is 0 Å². The average Bonchev–Trinajstić information content (AvgIpc) is 2.58. The third kappa shape index (κ3) is 3.39. The minimum atomic E-state index is -0.733. The van der Waals surface area contributed by atoms with Gasteiger partial charge in [0.1, 0.15) is 12.4 Å². The van der Waals surface area contributed by atoms with Crippen LogP contribution in [-0.2, 0) is 9.59 Å². The molecule has 0 unspecified atom stereocenters. The van der Waals surface area contributed by atoms with Crippen LogP contribution in [0.3, 0.4) is 0 Å². The molecule has 0 fully saturated rings. The number of nitrogens with one attached hydrogen (secondary N) is 1. The second kappa shape index (κ2) is 6.56. The van der Waals surface area contributed by atoms with Crippen molar-refractivity contribution in [3.05, 3.63) is 58.4 Å². The number of benzene rings is 2. The Morgan fingerprint density at radius 3 is 2.84 bits per heavy atom. The number of rotatable bonds is 4. The molecule has 0 atom stereocenters. The van der Waals surface area contributed by atoms with Crippen molar-refractivity contribution in [2.24, 2.45) is 0 Å². The number of hydrogen-bond acceptors (Lipinski definition) is 5. The van der Waals surface area contributed by atoms with Gasteiger partial charge in [0.15, 0.2) is 6.61 Å². The summed E-state index contributed by atoms with van der Waals surface area (Å²) in [5.74, 6) is -2.03. The monoisotopic (exact) mass is 345 g/mol. The molecule has 1 heterocycles. The van der Waals surface area contributed by atoms with Crippen molar-refractivity contribution in [2.75, 3.05) is 23.4 Å². The van der Waals surface area contributed by atoms with Gasteiger partial charge in [-0.25, -0.2) is 4.39 Å². The standard InChI is InChI=1S/C16H12FN3O5/c17-10-5-6-13(20(23)24)14(7-10)25-9-16(22)19-8-15(21)18-11-3-1-2-4-12(11)19/h1-7H,8-9H2,(H,18,21). The Balaban J connectivity index is 1.79. The molecule has 2 amide bonds.